The summed E-state index contributed by atoms with van der Waals surface area (Å²) in [7, 11) is -10.8. The van der Waals surface area contributed by atoms with E-state index < -0.39 is 20.5 Å². The Morgan fingerprint density at radius 2 is 1.00 bits per heavy atom. The minimum Gasteiger partial charge on any atom is -0.822 e. The third-order valence-corrected chi connectivity index (χ3v) is 0.414. The molecule has 0 radical (unpaired) electrons. The third-order valence-electron chi connectivity index (χ3n) is 0.138. The molecule has 1 N–H and O–H groups in total. The fraction of sp³-hybridized carbons (Fsp3) is 1.00. The van der Waals surface area contributed by atoms with Crippen LogP contribution in [0.1, 0.15) is 0 Å². The van der Waals surface area contributed by atoms with Gasteiger partial charge >= 0.3 is 51.4 Å². The molecule has 0 aliphatic heterocycles. The van der Waals surface area contributed by atoms with E-state index in [1.807, 2.05) is 0 Å². The van der Waals surface area contributed by atoms with Crippen LogP contribution in [0.25, 0.3) is 0 Å². The molecule has 0 aromatic carbocycles. The van der Waals surface area contributed by atoms with Crippen molar-refractivity contribution >= 4 is 38.8 Å². The Kier molecular flexibility index (Phi) is 23.2. The van der Waals surface area contributed by atoms with Crippen LogP contribution >= 0.6 is 38.8 Å². The molecule has 0 aromatic heterocycles. The van der Waals surface area contributed by atoms with Gasteiger partial charge in [0, 0.05) is 0 Å². The second-order valence-corrected chi connectivity index (χ2v) is 4.53. The number of rotatable bonds is 1. The second kappa shape index (κ2) is 13.8. The molecule has 14 heteroatoms. The quantitative estimate of drug-likeness (QED) is 0.273. The minimum atomic E-state index is -5.39. The largest absolute Gasteiger partial charge is 1.00 e. The average Bonchev–Trinajstić information content (AvgIpc) is 1.79. The SMILES string of the molecule is O=P([O-])([O-])[O-].O=P([O-])([O-])[O-].OCC(Cl)Cl.[K+]. The van der Waals surface area contributed by atoms with E-state index in [-0.39, 0.29) is 58.0 Å². The molecule has 0 amide bonds. The third kappa shape index (κ3) is 201. The average molecular weight is 344 g/mol. The summed E-state index contributed by atoms with van der Waals surface area (Å²) in [5, 5.41) is 7.88. The molecular formula is C2H4Cl2KO9P2-5. The topological polar surface area (TPSA) is 193 Å². The van der Waals surface area contributed by atoms with E-state index in [4.69, 9.17) is 66.8 Å². The van der Waals surface area contributed by atoms with Crippen LogP contribution in [0.2, 0.25) is 0 Å². The van der Waals surface area contributed by atoms with Crippen LogP contribution in [0.3, 0.4) is 0 Å². The van der Waals surface area contributed by atoms with Crippen molar-refractivity contribution in [2.45, 2.75) is 4.84 Å². The number of alkyl halides is 2. The van der Waals surface area contributed by atoms with Crippen LogP contribution in [0.4, 0.5) is 0 Å². The van der Waals surface area contributed by atoms with Gasteiger partial charge in [-0.25, -0.2) is 0 Å². The second-order valence-electron chi connectivity index (χ2n) is 1.47. The molecule has 96 valence electrons. The monoisotopic (exact) mass is 343 g/mol. The number of hydrogen-bond donors (Lipinski definition) is 1. The molecular weight excluding hydrogens is 340 g/mol. The number of halogens is 2. The molecule has 0 saturated carbocycles. The van der Waals surface area contributed by atoms with Gasteiger partial charge in [-0.1, -0.05) is 0 Å². The van der Waals surface area contributed by atoms with E-state index >= 15 is 0 Å². The molecule has 0 rings (SSSR count). The van der Waals surface area contributed by atoms with Crippen LogP contribution in [-0.4, -0.2) is 16.5 Å². The van der Waals surface area contributed by atoms with Crippen LogP contribution in [0, 0.1) is 0 Å². The Labute approximate surface area is 143 Å². The summed E-state index contributed by atoms with van der Waals surface area (Å²) in [6.07, 6.45) is 0. The van der Waals surface area contributed by atoms with Crippen molar-refractivity contribution in [3.8, 4) is 0 Å². The van der Waals surface area contributed by atoms with Gasteiger partial charge in [0.25, 0.3) is 0 Å². The maximum atomic E-state index is 8.55. The Hall–Kier alpha value is 2.40. The molecule has 16 heavy (non-hydrogen) atoms. The van der Waals surface area contributed by atoms with Crippen molar-refractivity contribution in [2.75, 3.05) is 6.61 Å². The Bertz CT molecular complexity index is 187. The van der Waals surface area contributed by atoms with Gasteiger partial charge in [-0.05, 0) is 0 Å². The molecule has 0 aliphatic carbocycles. The number of aliphatic hydroxyl groups excluding tert-OH is 1. The Balaban J connectivity index is -0.0000000655. The fourth-order valence-electron chi connectivity index (χ4n) is 0. The minimum absolute atomic E-state index is 0. The van der Waals surface area contributed by atoms with E-state index in [9.17, 15) is 0 Å². The molecule has 0 atom stereocenters. The smallest absolute Gasteiger partial charge is 0.822 e. The zero-order valence-corrected chi connectivity index (χ0v) is 14.1. The fourth-order valence-corrected chi connectivity index (χ4v) is 0. The van der Waals surface area contributed by atoms with Crippen molar-refractivity contribution in [2.24, 2.45) is 0 Å². The zero-order valence-electron chi connectivity index (χ0n) is 7.65. The maximum Gasteiger partial charge on any atom is 1.00 e. The van der Waals surface area contributed by atoms with Gasteiger partial charge < -0.3 is 43.6 Å². The molecule has 0 saturated heterocycles. The first-order chi connectivity index (χ1) is 6.27. The van der Waals surface area contributed by atoms with Gasteiger partial charge in [0.1, 0.15) is 4.84 Å². The normalized spacial score (nSPS) is 10.4. The van der Waals surface area contributed by atoms with Gasteiger partial charge in [-0.2, -0.15) is 15.6 Å². The van der Waals surface area contributed by atoms with Crippen molar-refractivity contribution in [3.05, 3.63) is 0 Å². The van der Waals surface area contributed by atoms with E-state index in [2.05, 4.69) is 0 Å². The summed E-state index contributed by atoms with van der Waals surface area (Å²) in [5.74, 6) is 0. The molecule has 0 spiro atoms. The van der Waals surface area contributed by atoms with E-state index in [1.54, 1.807) is 0 Å². The molecule has 0 heterocycles. The van der Waals surface area contributed by atoms with E-state index in [0.717, 1.165) is 0 Å². The maximum absolute atomic E-state index is 8.55. The molecule has 0 unspecified atom stereocenters. The molecule has 0 fully saturated rings. The standard InChI is InChI=1S/C2H4Cl2O.K.2H3O4P/c3-2(4)1-5;;2*1-5(2,3)4/h2,5H,1H2;;2*(H3,1,2,3,4)/q;+1;;/p-6. The van der Waals surface area contributed by atoms with Crippen LogP contribution in [0.5, 0.6) is 0 Å². The van der Waals surface area contributed by atoms with E-state index in [1.165, 1.54) is 0 Å². The molecule has 0 aromatic rings. The van der Waals surface area contributed by atoms with Gasteiger partial charge in [0.05, 0.1) is 6.61 Å². The summed E-state index contributed by atoms with van der Waals surface area (Å²) in [5.41, 5.74) is 0. The Morgan fingerprint density at radius 1 is 0.938 bits per heavy atom. The first-order valence-corrected chi connectivity index (χ1v) is 6.42. The van der Waals surface area contributed by atoms with Crippen molar-refractivity contribution in [1.29, 1.82) is 0 Å². The summed E-state index contributed by atoms with van der Waals surface area (Å²) >= 11 is 9.96. The Morgan fingerprint density at radius 3 is 1.00 bits per heavy atom. The first kappa shape index (κ1) is 26.9. The number of hydrogen-bond acceptors (Lipinski definition) is 9. The summed E-state index contributed by atoms with van der Waals surface area (Å²) in [6.45, 7) is -0.164. The van der Waals surface area contributed by atoms with Crippen molar-refractivity contribution in [1.82, 2.24) is 0 Å². The first-order valence-electron chi connectivity index (χ1n) is 2.62. The van der Waals surface area contributed by atoms with Gasteiger partial charge in [0.15, 0.2) is 0 Å². The van der Waals surface area contributed by atoms with Crippen LogP contribution in [0.15, 0.2) is 0 Å². The predicted octanol–water partition coefficient (Wildman–Crippen LogP) is -7.86. The van der Waals surface area contributed by atoms with Crippen molar-refractivity contribution < 1.29 is 95.0 Å². The zero-order chi connectivity index (χ0) is 13.3. The summed E-state index contributed by atoms with van der Waals surface area (Å²) in [4.78, 5) is 50.7. The van der Waals surface area contributed by atoms with E-state index in [0.29, 0.717) is 0 Å². The van der Waals surface area contributed by atoms with Crippen LogP contribution in [-0.2, 0) is 9.13 Å². The van der Waals surface area contributed by atoms with Gasteiger partial charge in [-0.15, -0.1) is 23.2 Å². The van der Waals surface area contributed by atoms with Gasteiger partial charge in [0.2, 0.25) is 0 Å². The predicted molar refractivity (Wildman–Crippen MR) is 37.8 cm³/mol. The molecule has 0 bridgehead atoms. The molecule has 0 aliphatic rings. The molecule has 9 nitrogen and oxygen atoms in total. The van der Waals surface area contributed by atoms with Crippen LogP contribution < -0.4 is 80.7 Å². The number of phosphoric acid groups is 2. The summed E-state index contributed by atoms with van der Waals surface area (Å²) < 4.78 is 17.1. The summed E-state index contributed by atoms with van der Waals surface area (Å²) in [6, 6.07) is 0. The van der Waals surface area contributed by atoms with Crippen molar-refractivity contribution in [3.63, 3.8) is 0 Å². The number of aliphatic hydroxyl groups is 1. The van der Waals surface area contributed by atoms with Gasteiger partial charge in [-0.3, -0.25) is 0 Å².